The molecule has 1 fully saturated rings. The summed E-state index contributed by atoms with van der Waals surface area (Å²) in [5, 5.41) is 3.47. The van der Waals surface area contributed by atoms with Gasteiger partial charge in [-0.05, 0) is 39.7 Å². The molecule has 6 nitrogen and oxygen atoms in total. The van der Waals surface area contributed by atoms with Crippen LogP contribution in [0.15, 0.2) is 11.2 Å². The fraction of sp³-hybridized carbons (Fsp3) is 0.750. The molecule has 1 aliphatic heterocycles. The summed E-state index contributed by atoms with van der Waals surface area (Å²) in [6.45, 7) is 5.99. The van der Waals surface area contributed by atoms with Crippen LogP contribution in [0.3, 0.4) is 0 Å². The summed E-state index contributed by atoms with van der Waals surface area (Å²) in [5.41, 5.74) is 0. The number of imidazole rings is 1. The number of hydrogen-bond donors (Lipinski definition) is 2. The Hall–Kier alpha value is -0.630. The van der Waals surface area contributed by atoms with Gasteiger partial charge in [0.15, 0.2) is 5.03 Å². The lowest BCUT2D eigenvalue weighted by molar-refractivity contribution is 0.538. The van der Waals surface area contributed by atoms with Gasteiger partial charge >= 0.3 is 0 Å². The van der Waals surface area contributed by atoms with Gasteiger partial charge in [-0.3, -0.25) is 0 Å². The largest absolute Gasteiger partial charge is 0.334 e. The molecular weight excluding hydrogens is 300 g/mol. The topological polar surface area (TPSA) is 76.0 Å². The number of aryl methyl sites for hydroxylation is 2. The van der Waals surface area contributed by atoms with Crippen molar-refractivity contribution < 1.29 is 8.42 Å². The van der Waals surface area contributed by atoms with E-state index in [1.807, 2.05) is 18.4 Å². The Balaban J connectivity index is 0.00000200. The standard InChI is InChI=1S/C12H22N4O2S.ClH/c1-3-16-9-12(15-10(16)2)19(17,18)14-8-6-11-5-4-7-13-11;/h9,11,13-14H,3-8H2,1-2H3;1H/t11-;/m1./s1. The summed E-state index contributed by atoms with van der Waals surface area (Å²) in [5.74, 6) is 0.723. The zero-order valence-corrected chi connectivity index (χ0v) is 13.6. The fourth-order valence-electron chi connectivity index (χ4n) is 2.37. The van der Waals surface area contributed by atoms with Crippen LogP contribution in [0.25, 0.3) is 0 Å². The molecule has 2 heterocycles. The molecule has 0 saturated carbocycles. The highest BCUT2D eigenvalue weighted by Gasteiger charge is 2.20. The second-order valence-electron chi connectivity index (χ2n) is 4.89. The minimum absolute atomic E-state index is 0. The molecule has 116 valence electrons. The SMILES string of the molecule is CCn1cc(S(=O)(=O)NCC[C@H]2CCCN2)nc1C.Cl. The third kappa shape index (κ3) is 4.18. The predicted molar refractivity (Wildman–Crippen MR) is 80.7 cm³/mol. The number of nitrogens with one attached hydrogen (secondary N) is 2. The highest BCUT2D eigenvalue weighted by atomic mass is 35.5. The van der Waals surface area contributed by atoms with Crippen molar-refractivity contribution in [1.29, 1.82) is 0 Å². The van der Waals surface area contributed by atoms with Crippen molar-refractivity contribution in [2.75, 3.05) is 13.1 Å². The van der Waals surface area contributed by atoms with E-state index in [-0.39, 0.29) is 17.4 Å². The van der Waals surface area contributed by atoms with E-state index < -0.39 is 10.0 Å². The van der Waals surface area contributed by atoms with Crippen molar-refractivity contribution in [2.45, 2.75) is 50.7 Å². The van der Waals surface area contributed by atoms with Crippen LogP contribution < -0.4 is 10.0 Å². The lowest BCUT2D eigenvalue weighted by Crippen LogP contribution is -2.30. The minimum Gasteiger partial charge on any atom is -0.334 e. The maximum atomic E-state index is 12.1. The van der Waals surface area contributed by atoms with Crippen LogP contribution in [-0.4, -0.2) is 37.1 Å². The van der Waals surface area contributed by atoms with E-state index in [0.29, 0.717) is 12.6 Å². The van der Waals surface area contributed by atoms with E-state index in [0.717, 1.165) is 31.8 Å². The number of rotatable bonds is 6. The highest BCUT2D eigenvalue weighted by molar-refractivity contribution is 7.89. The van der Waals surface area contributed by atoms with Crippen LogP contribution in [0.5, 0.6) is 0 Å². The van der Waals surface area contributed by atoms with Crippen LogP contribution in [0, 0.1) is 6.92 Å². The van der Waals surface area contributed by atoms with Gasteiger partial charge in [0.25, 0.3) is 10.0 Å². The maximum absolute atomic E-state index is 12.1. The van der Waals surface area contributed by atoms with Gasteiger partial charge in [0.1, 0.15) is 5.82 Å². The molecule has 2 rings (SSSR count). The number of halogens is 1. The first kappa shape index (κ1) is 17.4. The van der Waals surface area contributed by atoms with Crippen molar-refractivity contribution in [3.63, 3.8) is 0 Å². The van der Waals surface area contributed by atoms with Gasteiger partial charge in [0, 0.05) is 25.3 Å². The third-order valence-electron chi connectivity index (χ3n) is 3.52. The van der Waals surface area contributed by atoms with Crippen LogP contribution >= 0.6 is 12.4 Å². The minimum atomic E-state index is -3.47. The van der Waals surface area contributed by atoms with Gasteiger partial charge in [0.05, 0.1) is 0 Å². The first-order valence-corrected chi connectivity index (χ1v) is 8.28. The van der Waals surface area contributed by atoms with Crippen LogP contribution in [0.2, 0.25) is 0 Å². The van der Waals surface area contributed by atoms with Crippen LogP contribution in [-0.2, 0) is 16.6 Å². The van der Waals surface area contributed by atoms with Gasteiger partial charge in [-0.1, -0.05) is 0 Å². The molecule has 2 N–H and O–H groups in total. The fourth-order valence-corrected chi connectivity index (χ4v) is 3.43. The normalized spacial score (nSPS) is 19.0. The molecule has 0 aromatic carbocycles. The highest BCUT2D eigenvalue weighted by Crippen LogP contribution is 2.11. The number of sulfonamides is 1. The van der Waals surface area contributed by atoms with Gasteiger partial charge in [-0.2, -0.15) is 0 Å². The van der Waals surface area contributed by atoms with Crippen molar-refractivity contribution in [2.24, 2.45) is 0 Å². The molecule has 1 atom stereocenters. The zero-order chi connectivity index (χ0) is 13.9. The number of nitrogens with zero attached hydrogens (tertiary/aromatic N) is 2. The van der Waals surface area contributed by atoms with E-state index in [1.165, 1.54) is 6.42 Å². The Labute approximate surface area is 126 Å². The molecule has 0 spiro atoms. The van der Waals surface area contributed by atoms with E-state index in [2.05, 4.69) is 15.0 Å². The predicted octanol–water partition coefficient (Wildman–Crippen LogP) is 1.05. The van der Waals surface area contributed by atoms with E-state index in [4.69, 9.17) is 0 Å². The summed E-state index contributed by atoms with van der Waals surface area (Å²) in [6.07, 6.45) is 4.72. The molecule has 1 saturated heterocycles. The number of hydrogen-bond acceptors (Lipinski definition) is 4. The lowest BCUT2D eigenvalue weighted by atomic mass is 10.2. The van der Waals surface area contributed by atoms with E-state index >= 15 is 0 Å². The molecule has 0 aliphatic carbocycles. The molecule has 0 amide bonds. The quantitative estimate of drug-likeness (QED) is 0.821. The summed E-state index contributed by atoms with van der Waals surface area (Å²) in [6, 6.07) is 0.442. The molecule has 1 aliphatic rings. The van der Waals surface area contributed by atoms with E-state index in [1.54, 1.807) is 6.20 Å². The van der Waals surface area contributed by atoms with Gasteiger partial charge in [-0.25, -0.2) is 18.1 Å². The average molecular weight is 323 g/mol. The molecule has 0 unspecified atom stereocenters. The second kappa shape index (κ2) is 7.40. The van der Waals surface area contributed by atoms with Crippen molar-refractivity contribution in [3.8, 4) is 0 Å². The average Bonchev–Trinajstić information content (AvgIpc) is 2.98. The van der Waals surface area contributed by atoms with Gasteiger partial charge in [0.2, 0.25) is 0 Å². The Morgan fingerprint density at radius 1 is 1.55 bits per heavy atom. The third-order valence-corrected chi connectivity index (χ3v) is 4.85. The van der Waals surface area contributed by atoms with Crippen molar-refractivity contribution >= 4 is 22.4 Å². The summed E-state index contributed by atoms with van der Waals surface area (Å²) >= 11 is 0. The Bertz CT molecular complexity index is 524. The molecule has 1 aromatic heterocycles. The lowest BCUT2D eigenvalue weighted by Gasteiger charge is -2.10. The van der Waals surface area contributed by atoms with Crippen LogP contribution in [0.1, 0.15) is 32.0 Å². The zero-order valence-electron chi connectivity index (χ0n) is 11.9. The molecule has 8 heteroatoms. The molecule has 0 radical (unpaired) electrons. The first-order chi connectivity index (χ1) is 9.03. The van der Waals surface area contributed by atoms with Crippen molar-refractivity contribution in [1.82, 2.24) is 19.6 Å². The first-order valence-electron chi connectivity index (χ1n) is 6.79. The Morgan fingerprint density at radius 2 is 2.30 bits per heavy atom. The van der Waals surface area contributed by atoms with Gasteiger partial charge < -0.3 is 9.88 Å². The van der Waals surface area contributed by atoms with Crippen molar-refractivity contribution in [3.05, 3.63) is 12.0 Å². The molecule has 1 aromatic rings. The molecular formula is C12H23ClN4O2S. The maximum Gasteiger partial charge on any atom is 0.259 e. The number of aromatic nitrogens is 2. The van der Waals surface area contributed by atoms with Gasteiger partial charge in [-0.15, -0.1) is 12.4 Å². The summed E-state index contributed by atoms with van der Waals surface area (Å²) in [4.78, 5) is 4.10. The summed E-state index contributed by atoms with van der Waals surface area (Å²) < 4.78 is 28.6. The van der Waals surface area contributed by atoms with Crippen LogP contribution in [0.4, 0.5) is 0 Å². The smallest absolute Gasteiger partial charge is 0.259 e. The Morgan fingerprint density at radius 3 is 2.85 bits per heavy atom. The Kier molecular flexibility index (Phi) is 6.44. The monoisotopic (exact) mass is 322 g/mol. The second-order valence-corrected chi connectivity index (χ2v) is 6.61. The molecule has 20 heavy (non-hydrogen) atoms. The summed E-state index contributed by atoms with van der Waals surface area (Å²) in [7, 11) is -3.47. The molecule has 0 bridgehead atoms. The van der Waals surface area contributed by atoms with E-state index in [9.17, 15) is 8.42 Å².